The summed E-state index contributed by atoms with van der Waals surface area (Å²) in [7, 11) is -4.06. The fourth-order valence-corrected chi connectivity index (χ4v) is 5.30. The number of carbonyl (C=O) groups excluding carboxylic acids is 2. The van der Waals surface area contributed by atoms with Crippen LogP contribution in [0.5, 0.6) is 5.75 Å². The van der Waals surface area contributed by atoms with Crippen molar-refractivity contribution in [3.63, 3.8) is 0 Å². The second kappa shape index (κ2) is 14.3. The number of nitrogens with zero attached hydrogens (tertiary/aromatic N) is 2. The van der Waals surface area contributed by atoms with Gasteiger partial charge in [-0.15, -0.1) is 0 Å². The molecule has 42 heavy (non-hydrogen) atoms. The molecule has 0 aromatic heterocycles. The first-order valence-electron chi connectivity index (χ1n) is 12.9. The number of sulfonamides is 1. The highest BCUT2D eigenvalue weighted by Gasteiger charge is 2.27. The van der Waals surface area contributed by atoms with Gasteiger partial charge in [0.25, 0.3) is 21.8 Å². The third kappa shape index (κ3) is 8.66. The zero-order valence-corrected chi connectivity index (χ0v) is 24.3. The quantitative estimate of drug-likeness (QED) is 0.180. The van der Waals surface area contributed by atoms with Crippen LogP contribution < -0.4 is 19.8 Å². The first-order chi connectivity index (χ1) is 20.2. The number of nitrogens with one attached hydrogen (secondary N) is 2. The fraction of sp³-hybridized carbons (Fsp3) is 0.129. The summed E-state index contributed by atoms with van der Waals surface area (Å²) < 4.78 is 33.4. The van der Waals surface area contributed by atoms with Crippen LogP contribution in [0.15, 0.2) is 113 Å². The van der Waals surface area contributed by atoms with Crippen molar-refractivity contribution in [1.82, 2.24) is 10.7 Å². The van der Waals surface area contributed by atoms with Crippen LogP contribution in [0.25, 0.3) is 0 Å². The monoisotopic (exact) mass is 604 g/mol. The highest BCUT2D eigenvalue weighted by Crippen LogP contribution is 2.25. The summed E-state index contributed by atoms with van der Waals surface area (Å²) in [6, 6.07) is 28.8. The van der Waals surface area contributed by atoms with Gasteiger partial charge < -0.3 is 10.1 Å². The molecule has 0 bridgehead atoms. The van der Waals surface area contributed by atoms with Gasteiger partial charge in [-0.25, -0.2) is 13.8 Å². The normalized spacial score (nSPS) is 11.2. The lowest BCUT2D eigenvalue weighted by atomic mass is 10.2. The lowest BCUT2D eigenvalue weighted by Gasteiger charge is -2.23. The smallest absolute Gasteiger partial charge is 0.264 e. The fourth-order valence-electron chi connectivity index (χ4n) is 3.75. The maximum atomic E-state index is 13.4. The summed E-state index contributed by atoms with van der Waals surface area (Å²) >= 11 is 5.98. The molecular formula is C31H29ClN4O5S. The molecule has 0 atom stereocenters. The topological polar surface area (TPSA) is 117 Å². The van der Waals surface area contributed by atoms with E-state index >= 15 is 0 Å². The van der Waals surface area contributed by atoms with E-state index in [-0.39, 0.29) is 23.1 Å². The number of anilines is 1. The maximum Gasteiger partial charge on any atom is 0.264 e. The van der Waals surface area contributed by atoms with Gasteiger partial charge >= 0.3 is 0 Å². The van der Waals surface area contributed by atoms with Gasteiger partial charge in [-0.3, -0.25) is 13.9 Å². The second-order valence-corrected chi connectivity index (χ2v) is 11.5. The summed E-state index contributed by atoms with van der Waals surface area (Å²) in [6.45, 7) is 1.63. The van der Waals surface area contributed by atoms with Crippen LogP contribution >= 0.6 is 11.6 Å². The Morgan fingerprint density at radius 2 is 1.55 bits per heavy atom. The van der Waals surface area contributed by atoms with E-state index in [0.717, 1.165) is 15.4 Å². The van der Waals surface area contributed by atoms with Gasteiger partial charge in [-0.2, -0.15) is 5.10 Å². The molecule has 4 rings (SSSR count). The zero-order chi connectivity index (χ0) is 30.0. The first kappa shape index (κ1) is 30.3. The number of amides is 2. The van der Waals surface area contributed by atoms with Crippen molar-refractivity contribution in [2.75, 3.05) is 17.5 Å². The molecule has 0 aliphatic carbocycles. The minimum Gasteiger partial charge on any atom is -0.484 e. The van der Waals surface area contributed by atoms with E-state index in [1.54, 1.807) is 48.5 Å². The van der Waals surface area contributed by atoms with E-state index < -0.39 is 22.5 Å². The highest BCUT2D eigenvalue weighted by atomic mass is 35.5. The molecule has 216 valence electrons. The van der Waals surface area contributed by atoms with E-state index in [9.17, 15) is 18.0 Å². The molecule has 0 radical (unpaired) electrons. The highest BCUT2D eigenvalue weighted by molar-refractivity contribution is 7.92. The van der Waals surface area contributed by atoms with Crippen LogP contribution in [0.1, 0.15) is 16.7 Å². The summed E-state index contributed by atoms with van der Waals surface area (Å²) in [5.74, 6) is -0.395. The Hall–Kier alpha value is -4.67. The van der Waals surface area contributed by atoms with Gasteiger partial charge in [-0.05, 0) is 78.7 Å². The molecule has 2 amide bonds. The molecule has 0 aliphatic heterocycles. The number of benzene rings is 4. The number of hydrazone groups is 1. The lowest BCUT2D eigenvalue weighted by Crippen LogP contribution is -2.39. The molecule has 0 aliphatic rings. The molecule has 9 nitrogen and oxygen atoms in total. The Bertz CT molecular complexity index is 1630. The van der Waals surface area contributed by atoms with Gasteiger partial charge in [0.1, 0.15) is 12.3 Å². The Morgan fingerprint density at radius 1 is 0.881 bits per heavy atom. The van der Waals surface area contributed by atoms with E-state index in [2.05, 4.69) is 15.8 Å². The second-order valence-electron chi connectivity index (χ2n) is 9.21. The number of aryl methyl sites for hydroxylation is 1. The first-order valence-corrected chi connectivity index (χ1v) is 14.7. The Labute approximate surface area is 249 Å². The number of hydrogen-bond donors (Lipinski definition) is 2. The van der Waals surface area contributed by atoms with Crippen LogP contribution in [0.2, 0.25) is 5.02 Å². The molecule has 0 spiro atoms. The Kier molecular flexibility index (Phi) is 10.3. The van der Waals surface area contributed by atoms with Gasteiger partial charge in [-0.1, -0.05) is 59.6 Å². The third-order valence-corrected chi connectivity index (χ3v) is 8.04. The summed E-state index contributed by atoms with van der Waals surface area (Å²) in [5, 5.41) is 7.18. The number of hydrogen-bond acceptors (Lipinski definition) is 6. The van der Waals surface area contributed by atoms with E-state index in [0.29, 0.717) is 22.9 Å². The molecule has 0 saturated heterocycles. The molecule has 0 saturated carbocycles. The standard InChI is InChI=1S/C31H29ClN4O5S/c1-23-7-17-29(18-8-23)42(39,40)36(27-13-11-26(32)12-14-27)21-30(37)35-34-20-25-9-15-28(16-10-25)41-22-31(38)33-19-24-5-3-2-4-6-24/h2-18,20H,19,21-22H2,1H3,(H,33,38)(H,35,37)/b34-20-. The third-order valence-electron chi connectivity index (χ3n) is 6.00. The van der Waals surface area contributed by atoms with Crippen molar-refractivity contribution < 1.29 is 22.7 Å². The van der Waals surface area contributed by atoms with Crippen molar-refractivity contribution >= 4 is 45.3 Å². The zero-order valence-electron chi connectivity index (χ0n) is 22.7. The number of ether oxygens (including phenoxy) is 1. The number of halogens is 1. The van der Waals surface area contributed by atoms with Gasteiger partial charge in [0.05, 0.1) is 16.8 Å². The predicted octanol–water partition coefficient (Wildman–Crippen LogP) is 4.69. The minimum absolute atomic E-state index is 0.0512. The average molecular weight is 605 g/mol. The van der Waals surface area contributed by atoms with Crippen molar-refractivity contribution in [3.8, 4) is 5.75 Å². The van der Waals surface area contributed by atoms with Crippen molar-refractivity contribution in [1.29, 1.82) is 0 Å². The Balaban J connectivity index is 1.32. The van der Waals surface area contributed by atoms with E-state index in [1.807, 2.05) is 37.3 Å². The largest absolute Gasteiger partial charge is 0.484 e. The SMILES string of the molecule is Cc1ccc(S(=O)(=O)N(CC(=O)N/N=C\c2ccc(OCC(=O)NCc3ccccc3)cc2)c2ccc(Cl)cc2)cc1. The number of rotatable bonds is 12. The molecular weight excluding hydrogens is 576 g/mol. The van der Waals surface area contributed by atoms with Crippen LogP contribution in [0.3, 0.4) is 0 Å². The summed E-state index contributed by atoms with van der Waals surface area (Å²) in [4.78, 5) is 24.9. The molecule has 0 heterocycles. The molecule has 4 aromatic carbocycles. The van der Waals surface area contributed by atoms with Gasteiger partial charge in [0.15, 0.2) is 6.61 Å². The molecule has 4 aromatic rings. The van der Waals surface area contributed by atoms with Crippen molar-refractivity contribution in [2.24, 2.45) is 5.10 Å². The van der Waals surface area contributed by atoms with Gasteiger partial charge in [0.2, 0.25) is 0 Å². The minimum atomic E-state index is -4.06. The summed E-state index contributed by atoms with van der Waals surface area (Å²) in [6.07, 6.45) is 1.41. The van der Waals surface area contributed by atoms with Crippen LogP contribution in [0.4, 0.5) is 5.69 Å². The average Bonchev–Trinajstić information content (AvgIpc) is 2.99. The van der Waals surface area contributed by atoms with E-state index in [4.69, 9.17) is 16.3 Å². The predicted molar refractivity (Wildman–Crippen MR) is 163 cm³/mol. The van der Waals surface area contributed by atoms with Crippen molar-refractivity contribution in [3.05, 3.63) is 125 Å². The van der Waals surface area contributed by atoms with Crippen LogP contribution in [-0.4, -0.2) is 39.6 Å². The molecule has 0 unspecified atom stereocenters. The lowest BCUT2D eigenvalue weighted by molar-refractivity contribution is -0.123. The maximum absolute atomic E-state index is 13.4. The number of carbonyl (C=O) groups is 2. The van der Waals surface area contributed by atoms with Crippen LogP contribution in [0, 0.1) is 6.92 Å². The van der Waals surface area contributed by atoms with E-state index in [1.165, 1.54) is 30.5 Å². The molecule has 2 N–H and O–H groups in total. The summed E-state index contributed by atoms with van der Waals surface area (Å²) in [5.41, 5.74) is 5.20. The Morgan fingerprint density at radius 3 is 2.21 bits per heavy atom. The van der Waals surface area contributed by atoms with Crippen LogP contribution in [-0.2, 0) is 26.2 Å². The van der Waals surface area contributed by atoms with Crippen molar-refractivity contribution in [2.45, 2.75) is 18.4 Å². The molecule has 0 fully saturated rings. The molecule has 11 heteroatoms. The van der Waals surface area contributed by atoms with Gasteiger partial charge in [0, 0.05) is 11.6 Å².